The number of benzene rings is 1. The van der Waals surface area contributed by atoms with Gasteiger partial charge in [0.2, 0.25) is 0 Å². The van der Waals surface area contributed by atoms with Crippen molar-refractivity contribution in [1.29, 1.82) is 0 Å². The molecule has 0 saturated heterocycles. The highest BCUT2D eigenvalue weighted by Crippen LogP contribution is 2.22. The van der Waals surface area contributed by atoms with Crippen LogP contribution in [0.1, 0.15) is 19.4 Å². The fraction of sp³-hybridized carbons (Fsp3) is 0.333. The van der Waals surface area contributed by atoms with Crippen LogP contribution < -0.4 is 10.6 Å². The van der Waals surface area contributed by atoms with E-state index < -0.39 is 0 Å². The van der Waals surface area contributed by atoms with Crippen molar-refractivity contribution in [3.63, 3.8) is 0 Å². The zero-order valence-electron chi connectivity index (χ0n) is 11.6. The van der Waals surface area contributed by atoms with Crippen molar-refractivity contribution in [2.24, 2.45) is 11.7 Å². The SMILES string of the molecule is CC(C)CN(C)c1cc(C(N)=S)c2ccccc2n1. The number of pyridine rings is 1. The first kappa shape index (κ1) is 13.7. The highest BCUT2D eigenvalue weighted by atomic mass is 32.1. The molecule has 19 heavy (non-hydrogen) atoms. The van der Waals surface area contributed by atoms with E-state index in [0.29, 0.717) is 10.9 Å². The Kier molecular flexibility index (Phi) is 4.00. The van der Waals surface area contributed by atoms with Gasteiger partial charge in [-0.1, -0.05) is 44.3 Å². The van der Waals surface area contributed by atoms with Crippen molar-refractivity contribution in [3.8, 4) is 0 Å². The molecule has 0 aliphatic rings. The van der Waals surface area contributed by atoms with Crippen molar-refractivity contribution in [2.75, 3.05) is 18.5 Å². The van der Waals surface area contributed by atoms with E-state index in [9.17, 15) is 0 Å². The van der Waals surface area contributed by atoms with Gasteiger partial charge >= 0.3 is 0 Å². The van der Waals surface area contributed by atoms with Gasteiger partial charge in [0.15, 0.2) is 0 Å². The molecule has 2 N–H and O–H groups in total. The molecular formula is C15H19N3S. The molecule has 0 bridgehead atoms. The third kappa shape index (κ3) is 3.01. The maximum atomic E-state index is 5.84. The zero-order valence-corrected chi connectivity index (χ0v) is 12.4. The Balaban J connectivity index is 2.55. The molecule has 0 aliphatic carbocycles. The van der Waals surface area contributed by atoms with Gasteiger partial charge in [0, 0.05) is 24.5 Å². The third-order valence-corrected chi connectivity index (χ3v) is 3.22. The van der Waals surface area contributed by atoms with Crippen LogP contribution >= 0.6 is 12.2 Å². The molecule has 1 heterocycles. The van der Waals surface area contributed by atoms with Gasteiger partial charge in [-0.2, -0.15) is 0 Å². The second kappa shape index (κ2) is 5.53. The average molecular weight is 273 g/mol. The number of nitrogens with zero attached hydrogens (tertiary/aromatic N) is 2. The predicted octanol–water partition coefficient (Wildman–Crippen LogP) is 2.96. The lowest BCUT2D eigenvalue weighted by molar-refractivity contribution is 0.635. The maximum absolute atomic E-state index is 5.84. The van der Waals surface area contributed by atoms with Crippen LogP contribution in [0.15, 0.2) is 30.3 Å². The number of hydrogen-bond acceptors (Lipinski definition) is 3. The van der Waals surface area contributed by atoms with Gasteiger partial charge in [-0.05, 0) is 18.1 Å². The monoisotopic (exact) mass is 273 g/mol. The first-order chi connectivity index (χ1) is 8.99. The lowest BCUT2D eigenvalue weighted by atomic mass is 10.1. The summed E-state index contributed by atoms with van der Waals surface area (Å²) in [5, 5.41) is 1.01. The Bertz CT molecular complexity index is 607. The molecule has 0 unspecified atom stereocenters. The number of fused-ring (bicyclic) bond motifs is 1. The Morgan fingerprint density at radius 2 is 2.05 bits per heavy atom. The molecule has 100 valence electrons. The van der Waals surface area contributed by atoms with Crippen LogP contribution in [0.3, 0.4) is 0 Å². The first-order valence-corrected chi connectivity index (χ1v) is 6.80. The molecule has 0 saturated carbocycles. The van der Waals surface area contributed by atoms with E-state index in [1.165, 1.54) is 0 Å². The topological polar surface area (TPSA) is 42.1 Å². The van der Waals surface area contributed by atoms with E-state index in [-0.39, 0.29) is 0 Å². The maximum Gasteiger partial charge on any atom is 0.129 e. The van der Waals surface area contributed by atoms with Gasteiger partial charge in [0.25, 0.3) is 0 Å². The number of aromatic nitrogens is 1. The van der Waals surface area contributed by atoms with Crippen molar-refractivity contribution >= 4 is 33.9 Å². The number of nitrogens with two attached hydrogens (primary N) is 1. The van der Waals surface area contributed by atoms with Crippen molar-refractivity contribution in [2.45, 2.75) is 13.8 Å². The number of rotatable bonds is 4. The Hall–Kier alpha value is -1.68. The van der Waals surface area contributed by atoms with Crippen LogP contribution in [0.5, 0.6) is 0 Å². The predicted molar refractivity (Wildman–Crippen MR) is 85.7 cm³/mol. The Labute approximate surface area is 119 Å². The lowest BCUT2D eigenvalue weighted by Gasteiger charge is -2.21. The summed E-state index contributed by atoms with van der Waals surface area (Å²) in [6.07, 6.45) is 0. The third-order valence-electron chi connectivity index (χ3n) is 3.00. The molecule has 3 nitrogen and oxygen atoms in total. The summed E-state index contributed by atoms with van der Waals surface area (Å²) in [6, 6.07) is 9.92. The minimum atomic E-state index is 0.415. The molecule has 0 aliphatic heterocycles. The fourth-order valence-corrected chi connectivity index (χ4v) is 2.37. The number of para-hydroxylation sites is 1. The summed E-state index contributed by atoms with van der Waals surface area (Å²) in [4.78, 5) is 7.23. The summed E-state index contributed by atoms with van der Waals surface area (Å²) in [5.74, 6) is 1.49. The standard InChI is InChI=1S/C15H19N3S/c1-10(2)9-18(3)14-8-12(15(16)19)11-6-4-5-7-13(11)17-14/h4-8,10H,9H2,1-3H3,(H2,16,19). The van der Waals surface area contributed by atoms with Crippen LogP contribution in [0, 0.1) is 5.92 Å². The van der Waals surface area contributed by atoms with E-state index in [1.54, 1.807) is 0 Å². The van der Waals surface area contributed by atoms with Crippen LogP contribution in [-0.4, -0.2) is 23.6 Å². The molecule has 1 aromatic carbocycles. The van der Waals surface area contributed by atoms with E-state index in [2.05, 4.69) is 23.7 Å². The van der Waals surface area contributed by atoms with Gasteiger partial charge in [-0.25, -0.2) is 4.98 Å². The smallest absolute Gasteiger partial charge is 0.129 e. The normalized spacial score (nSPS) is 10.9. The second-order valence-corrected chi connectivity index (χ2v) is 5.62. The van der Waals surface area contributed by atoms with Crippen LogP contribution in [0.2, 0.25) is 0 Å². The van der Waals surface area contributed by atoms with Gasteiger partial charge in [-0.15, -0.1) is 0 Å². The molecule has 0 fully saturated rings. The molecular weight excluding hydrogens is 254 g/mol. The van der Waals surface area contributed by atoms with Crippen molar-refractivity contribution < 1.29 is 0 Å². The molecule has 2 aromatic rings. The Morgan fingerprint density at radius 1 is 1.37 bits per heavy atom. The van der Waals surface area contributed by atoms with Crippen molar-refractivity contribution in [1.82, 2.24) is 4.98 Å². The summed E-state index contributed by atoms with van der Waals surface area (Å²) in [5.41, 5.74) is 7.66. The molecule has 0 spiro atoms. The molecule has 4 heteroatoms. The summed E-state index contributed by atoms with van der Waals surface area (Å²) in [7, 11) is 2.04. The number of anilines is 1. The Morgan fingerprint density at radius 3 is 2.68 bits per heavy atom. The lowest BCUT2D eigenvalue weighted by Crippen LogP contribution is -2.24. The van der Waals surface area contributed by atoms with Crippen LogP contribution in [0.4, 0.5) is 5.82 Å². The molecule has 1 aromatic heterocycles. The highest BCUT2D eigenvalue weighted by Gasteiger charge is 2.11. The second-order valence-electron chi connectivity index (χ2n) is 5.18. The first-order valence-electron chi connectivity index (χ1n) is 6.39. The molecule has 2 rings (SSSR count). The highest BCUT2D eigenvalue weighted by molar-refractivity contribution is 7.80. The zero-order chi connectivity index (χ0) is 14.0. The van der Waals surface area contributed by atoms with Gasteiger partial charge < -0.3 is 10.6 Å². The number of hydrogen-bond donors (Lipinski definition) is 1. The quantitative estimate of drug-likeness (QED) is 0.870. The van der Waals surface area contributed by atoms with Gasteiger partial charge in [0.1, 0.15) is 10.8 Å². The van der Waals surface area contributed by atoms with Crippen LogP contribution in [0.25, 0.3) is 10.9 Å². The van der Waals surface area contributed by atoms with Gasteiger partial charge in [0.05, 0.1) is 5.52 Å². The minimum Gasteiger partial charge on any atom is -0.389 e. The van der Waals surface area contributed by atoms with E-state index >= 15 is 0 Å². The largest absolute Gasteiger partial charge is 0.389 e. The fourth-order valence-electron chi connectivity index (χ4n) is 2.20. The molecule has 0 atom stereocenters. The molecule has 0 radical (unpaired) electrons. The minimum absolute atomic E-state index is 0.415. The number of thiocarbonyl (C=S) groups is 1. The van der Waals surface area contributed by atoms with E-state index in [1.807, 2.05) is 37.4 Å². The summed E-state index contributed by atoms with van der Waals surface area (Å²) < 4.78 is 0. The van der Waals surface area contributed by atoms with Crippen LogP contribution in [-0.2, 0) is 0 Å². The average Bonchev–Trinajstić information content (AvgIpc) is 2.36. The molecule has 0 amide bonds. The van der Waals surface area contributed by atoms with Gasteiger partial charge in [-0.3, -0.25) is 0 Å². The van der Waals surface area contributed by atoms with E-state index in [0.717, 1.165) is 28.8 Å². The summed E-state index contributed by atoms with van der Waals surface area (Å²) in [6.45, 7) is 5.32. The summed E-state index contributed by atoms with van der Waals surface area (Å²) >= 11 is 5.15. The van der Waals surface area contributed by atoms with E-state index in [4.69, 9.17) is 18.0 Å². The van der Waals surface area contributed by atoms with Crippen molar-refractivity contribution in [3.05, 3.63) is 35.9 Å².